The fraction of sp³-hybridized carbons (Fsp3) is 0.667. The number of aliphatic hydroxyl groups is 1. The Kier molecular flexibility index (Phi) is 6.23. The molecule has 3 rings (SSSR count). The number of H-pyrrole nitrogens is 1. The number of piperidine rings is 1. The average molecular weight is 389 g/mol. The first-order valence-electron chi connectivity index (χ1n) is 10.3. The summed E-state index contributed by atoms with van der Waals surface area (Å²) in [5.74, 6) is -0.0222. The Morgan fingerprint density at radius 2 is 1.64 bits per heavy atom. The predicted octanol–water partition coefficient (Wildman–Crippen LogP) is 2.11. The zero-order valence-electron chi connectivity index (χ0n) is 17.0. The highest BCUT2D eigenvalue weighted by Crippen LogP contribution is 2.28. The fourth-order valence-corrected chi connectivity index (χ4v) is 4.53. The van der Waals surface area contributed by atoms with Crippen molar-refractivity contribution in [2.45, 2.75) is 71.4 Å². The molecule has 0 aromatic carbocycles. The molecule has 0 unspecified atom stereocenters. The van der Waals surface area contributed by atoms with Gasteiger partial charge in [-0.25, -0.2) is 0 Å². The van der Waals surface area contributed by atoms with E-state index in [0.29, 0.717) is 48.4 Å². The van der Waals surface area contributed by atoms with E-state index in [1.807, 2.05) is 4.90 Å². The molecule has 0 atom stereocenters. The van der Waals surface area contributed by atoms with Crippen LogP contribution in [0.15, 0.2) is 0 Å². The van der Waals surface area contributed by atoms with Crippen LogP contribution in [0.2, 0.25) is 0 Å². The predicted molar refractivity (Wildman–Crippen MR) is 105 cm³/mol. The SMILES string of the molecule is CC(=O)c1[nH]c(C)c(C(=O)NC2CCC(C(=O)N3CCC(O)CC3)CC2)c1C. The van der Waals surface area contributed by atoms with Crippen molar-refractivity contribution in [3.05, 3.63) is 22.5 Å². The lowest BCUT2D eigenvalue weighted by molar-refractivity contribution is -0.138. The highest BCUT2D eigenvalue weighted by atomic mass is 16.3. The third-order valence-corrected chi connectivity index (χ3v) is 6.20. The van der Waals surface area contributed by atoms with Crippen LogP contribution in [0, 0.1) is 19.8 Å². The lowest BCUT2D eigenvalue weighted by Gasteiger charge is -2.35. The molecule has 2 fully saturated rings. The Labute approximate surface area is 165 Å². The first-order chi connectivity index (χ1) is 13.3. The van der Waals surface area contributed by atoms with E-state index in [0.717, 1.165) is 25.7 Å². The van der Waals surface area contributed by atoms with E-state index in [-0.39, 0.29) is 35.7 Å². The first kappa shape index (κ1) is 20.6. The molecule has 1 aliphatic heterocycles. The van der Waals surface area contributed by atoms with E-state index in [9.17, 15) is 19.5 Å². The summed E-state index contributed by atoms with van der Waals surface area (Å²) in [5.41, 5.74) is 2.44. The van der Waals surface area contributed by atoms with Gasteiger partial charge in [0.15, 0.2) is 5.78 Å². The van der Waals surface area contributed by atoms with Crippen LogP contribution in [-0.2, 0) is 4.79 Å². The number of carbonyl (C=O) groups excluding carboxylic acids is 3. The molecule has 154 valence electrons. The van der Waals surface area contributed by atoms with E-state index in [1.54, 1.807) is 13.8 Å². The normalized spacial score (nSPS) is 23.5. The minimum absolute atomic E-state index is 0.0171. The van der Waals surface area contributed by atoms with Gasteiger partial charge in [-0.2, -0.15) is 0 Å². The van der Waals surface area contributed by atoms with Crippen molar-refractivity contribution in [3.63, 3.8) is 0 Å². The highest BCUT2D eigenvalue weighted by molar-refractivity contribution is 6.02. The van der Waals surface area contributed by atoms with Gasteiger partial charge in [0.05, 0.1) is 17.4 Å². The molecule has 7 heteroatoms. The van der Waals surface area contributed by atoms with E-state index in [4.69, 9.17) is 0 Å². The summed E-state index contributed by atoms with van der Waals surface area (Å²) in [5, 5.41) is 12.7. The number of hydrogen-bond acceptors (Lipinski definition) is 4. The zero-order chi connectivity index (χ0) is 20.4. The molecule has 1 aromatic rings. The number of carbonyl (C=O) groups is 3. The molecule has 28 heavy (non-hydrogen) atoms. The third kappa shape index (κ3) is 4.29. The number of Topliss-reactive ketones (excluding diaryl/α,β-unsaturated/α-hetero) is 1. The summed E-state index contributed by atoms with van der Waals surface area (Å²) in [6.45, 7) is 6.36. The summed E-state index contributed by atoms with van der Waals surface area (Å²) in [7, 11) is 0. The van der Waals surface area contributed by atoms with E-state index in [2.05, 4.69) is 10.3 Å². The van der Waals surface area contributed by atoms with E-state index in [1.165, 1.54) is 6.92 Å². The molecule has 2 amide bonds. The van der Waals surface area contributed by atoms with Crippen molar-refractivity contribution in [3.8, 4) is 0 Å². The lowest BCUT2D eigenvalue weighted by Crippen LogP contribution is -2.45. The molecule has 7 nitrogen and oxygen atoms in total. The monoisotopic (exact) mass is 389 g/mol. The number of aromatic nitrogens is 1. The summed E-state index contributed by atoms with van der Waals surface area (Å²) in [6.07, 6.45) is 4.14. The molecular weight excluding hydrogens is 358 g/mol. The maximum atomic E-state index is 12.7. The Hall–Kier alpha value is -2.15. The highest BCUT2D eigenvalue weighted by Gasteiger charge is 2.32. The van der Waals surface area contributed by atoms with Gasteiger partial charge in [-0.15, -0.1) is 0 Å². The van der Waals surface area contributed by atoms with Gasteiger partial charge in [0.2, 0.25) is 5.91 Å². The number of hydrogen-bond donors (Lipinski definition) is 3. The smallest absolute Gasteiger partial charge is 0.253 e. The number of nitrogens with one attached hydrogen (secondary N) is 2. The number of aryl methyl sites for hydroxylation is 1. The van der Waals surface area contributed by atoms with Gasteiger partial charge in [0.25, 0.3) is 5.91 Å². The Bertz CT molecular complexity index is 754. The van der Waals surface area contributed by atoms with Crippen molar-refractivity contribution < 1.29 is 19.5 Å². The molecule has 0 bridgehead atoms. The van der Waals surface area contributed by atoms with Crippen LogP contribution in [0.5, 0.6) is 0 Å². The van der Waals surface area contributed by atoms with E-state index >= 15 is 0 Å². The standard InChI is InChI=1S/C21H31N3O4/c1-12-18(13(2)22-19(12)14(3)25)20(27)23-16-6-4-15(5-7-16)21(28)24-10-8-17(26)9-11-24/h15-17,22,26H,4-11H2,1-3H3,(H,23,27). The molecule has 1 saturated carbocycles. The maximum absolute atomic E-state index is 12.7. The number of amides is 2. The number of aromatic amines is 1. The summed E-state index contributed by atoms with van der Waals surface area (Å²) >= 11 is 0. The second kappa shape index (κ2) is 8.47. The van der Waals surface area contributed by atoms with Gasteiger partial charge in [0.1, 0.15) is 0 Å². The van der Waals surface area contributed by atoms with Crippen LogP contribution < -0.4 is 5.32 Å². The molecule has 1 aromatic heterocycles. The number of nitrogens with zero attached hydrogens (tertiary/aromatic N) is 1. The first-order valence-corrected chi connectivity index (χ1v) is 10.3. The van der Waals surface area contributed by atoms with Crippen molar-refractivity contribution in [1.82, 2.24) is 15.2 Å². The summed E-state index contributed by atoms with van der Waals surface area (Å²) in [6, 6.07) is 0.0502. The zero-order valence-corrected chi connectivity index (χ0v) is 17.0. The van der Waals surface area contributed by atoms with Crippen LogP contribution in [0.25, 0.3) is 0 Å². The third-order valence-electron chi connectivity index (χ3n) is 6.20. The van der Waals surface area contributed by atoms with Crippen molar-refractivity contribution in [2.75, 3.05) is 13.1 Å². The number of ketones is 1. The molecular formula is C21H31N3O4. The van der Waals surface area contributed by atoms with Crippen LogP contribution in [-0.4, -0.2) is 57.8 Å². The molecule has 3 N–H and O–H groups in total. The average Bonchev–Trinajstić information content (AvgIpc) is 2.97. The van der Waals surface area contributed by atoms with Crippen molar-refractivity contribution >= 4 is 17.6 Å². The second-order valence-corrected chi connectivity index (χ2v) is 8.26. The van der Waals surface area contributed by atoms with Crippen molar-refractivity contribution in [1.29, 1.82) is 0 Å². The summed E-state index contributed by atoms with van der Waals surface area (Å²) < 4.78 is 0. The van der Waals surface area contributed by atoms with Gasteiger partial charge in [-0.3, -0.25) is 14.4 Å². The van der Waals surface area contributed by atoms with Crippen molar-refractivity contribution in [2.24, 2.45) is 5.92 Å². The molecule has 1 aliphatic carbocycles. The maximum Gasteiger partial charge on any atom is 0.253 e. The van der Waals surface area contributed by atoms with Gasteiger partial charge in [-0.1, -0.05) is 0 Å². The minimum Gasteiger partial charge on any atom is -0.393 e. The fourth-order valence-electron chi connectivity index (χ4n) is 4.53. The topological polar surface area (TPSA) is 102 Å². The number of aliphatic hydroxyl groups excluding tert-OH is 1. The van der Waals surface area contributed by atoms with Crippen LogP contribution >= 0.6 is 0 Å². The van der Waals surface area contributed by atoms with Gasteiger partial charge in [0, 0.05) is 37.7 Å². The second-order valence-electron chi connectivity index (χ2n) is 8.26. The molecule has 1 saturated heterocycles. The molecule has 2 heterocycles. The largest absolute Gasteiger partial charge is 0.393 e. The molecule has 0 radical (unpaired) electrons. The number of rotatable bonds is 4. The Balaban J connectivity index is 1.54. The van der Waals surface area contributed by atoms with Crippen LogP contribution in [0.4, 0.5) is 0 Å². The minimum atomic E-state index is -0.279. The quantitative estimate of drug-likeness (QED) is 0.686. The van der Waals surface area contributed by atoms with E-state index < -0.39 is 0 Å². The Morgan fingerprint density at radius 1 is 1.04 bits per heavy atom. The molecule has 2 aliphatic rings. The van der Waals surface area contributed by atoms with Crippen LogP contribution in [0.1, 0.15) is 77.6 Å². The number of likely N-dealkylation sites (tertiary alicyclic amines) is 1. The van der Waals surface area contributed by atoms with Gasteiger partial charge >= 0.3 is 0 Å². The van der Waals surface area contributed by atoms with Gasteiger partial charge in [-0.05, 0) is 57.9 Å². The summed E-state index contributed by atoms with van der Waals surface area (Å²) in [4.78, 5) is 42.0. The van der Waals surface area contributed by atoms with Crippen LogP contribution in [0.3, 0.4) is 0 Å². The van der Waals surface area contributed by atoms with Gasteiger partial charge < -0.3 is 20.3 Å². The molecule has 0 spiro atoms. The Morgan fingerprint density at radius 3 is 2.18 bits per heavy atom. The lowest BCUT2D eigenvalue weighted by atomic mass is 9.84.